The summed E-state index contributed by atoms with van der Waals surface area (Å²) < 4.78 is 0. The zero-order valence-electron chi connectivity index (χ0n) is 12.5. The zero-order valence-corrected chi connectivity index (χ0v) is 15.7. The molecule has 0 aromatic rings. The van der Waals surface area contributed by atoms with Gasteiger partial charge in [-0.1, -0.05) is 26.7 Å². The summed E-state index contributed by atoms with van der Waals surface area (Å²) in [7, 11) is 4.09. The molecule has 0 aromatic heterocycles. The maximum atomic E-state index is 3.68. The summed E-state index contributed by atoms with van der Waals surface area (Å²) in [5, 5.41) is 0. The van der Waals surface area contributed by atoms with E-state index >= 15 is 0 Å². The first kappa shape index (κ1) is 27.1. The third-order valence-corrected chi connectivity index (χ3v) is 2.84. The van der Waals surface area contributed by atoms with Gasteiger partial charge in [0, 0.05) is 0 Å². The van der Waals surface area contributed by atoms with E-state index < -0.39 is 0 Å². The third-order valence-electron chi connectivity index (χ3n) is 2.84. The Balaban J connectivity index is -0.0000000992. The molecule has 1 rings (SSSR count). The molecule has 1 aliphatic rings. The second kappa shape index (κ2) is 14.1. The fourth-order valence-electron chi connectivity index (χ4n) is 1.48. The number of nitrogens with zero attached hydrogens (tertiary/aromatic N) is 1. The molecule has 1 atom stereocenters. The molecule has 106 valence electrons. The maximum absolute atomic E-state index is 3.68. The Bertz CT molecular complexity index is 261. The van der Waals surface area contributed by atoms with E-state index in [-0.39, 0.29) is 46.5 Å². The molecule has 4 heteroatoms. The van der Waals surface area contributed by atoms with Crippen LogP contribution in [0.25, 0.3) is 0 Å². The van der Waals surface area contributed by atoms with Crippen LogP contribution in [0.15, 0.2) is 16.7 Å². The van der Waals surface area contributed by atoms with Crippen molar-refractivity contribution in [2.75, 3.05) is 20.6 Å². The smallest absolute Gasteiger partial charge is 0.342 e. The molecular formula is C14H27Cl2NTi. The topological polar surface area (TPSA) is 3.24 Å². The molecule has 0 saturated carbocycles. The average Bonchev–Trinajstić information content (AvgIpc) is 2.34. The first-order chi connectivity index (χ1) is 6.90. The van der Waals surface area contributed by atoms with Crippen molar-refractivity contribution in [1.29, 1.82) is 0 Å². The van der Waals surface area contributed by atoms with Crippen molar-refractivity contribution in [3.8, 4) is 0 Å². The molecule has 1 nitrogen and oxygen atoms in total. The van der Waals surface area contributed by atoms with Gasteiger partial charge in [-0.25, -0.2) is 5.57 Å². The van der Waals surface area contributed by atoms with E-state index in [9.17, 15) is 0 Å². The van der Waals surface area contributed by atoms with Gasteiger partial charge < -0.3 is 11.8 Å². The van der Waals surface area contributed by atoms with E-state index in [1.165, 1.54) is 16.7 Å². The summed E-state index contributed by atoms with van der Waals surface area (Å²) in [5.41, 5.74) is 4.25. The van der Waals surface area contributed by atoms with Crippen LogP contribution in [0.2, 0.25) is 0 Å². The number of halogens is 2. The monoisotopic (exact) mass is 327 g/mol. The minimum Gasteiger partial charge on any atom is -0.342 e. The Kier molecular flexibility index (Phi) is 21.3. The van der Waals surface area contributed by atoms with Gasteiger partial charge in [0.05, 0.1) is 0 Å². The fraction of sp³-hybridized carbons (Fsp3) is 0.643. The molecule has 0 spiro atoms. The molecule has 1 aliphatic carbocycles. The van der Waals surface area contributed by atoms with Crippen molar-refractivity contribution in [2.45, 2.75) is 34.1 Å². The van der Waals surface area contributed by atoms with Gasteiger partial charge >= 0.3 is 21.7 Å². The van der Waals surface area contributed by atoms with Gasteiger partial charge in [-0.15, -0.1) is 31.7 Å². The minimum absolute atomic E-state index is 0. The van der Waals surface area contributed by atoms with E-state index in [4.69, 9.17) is 0 Å². The Morgan fingerprint density at radius 2 is 1.61 bits per heavy atom. The maximum Gasteiger partial charge on any atom is 2.00 e. The number of hydrogen-bond acceptors (Lipinski definition) is 1. The Labute approximate surface area is 141 Å². The van der Waals surface area contributed by atoms with Gasteiger partial charge in [0.1, 0.15) is 0 Å². The van der Waals surface area contributed by atoms with Gasteiger partial charge in [-0.2, -0.15) is 17.6 Å². The van der Waals surface area contributed by atoms with Gasteiger partial charge in [-0.3, -0.25) is 6.08 Å². The van der Waals surface area contributed by atoms with Crippen LogP contribution >= 0.6 is 24.8 Å². The molecular weight excluding hydrogens is 301 g/mol. The second-order valence-electron chi connectivity index (χ2n) is 4.46. The Morgan fingerprint density at radius 1 is 1.17 bits per heavy atom. The molecule has 18 heavy (non-hydrogen) atoms. The predicted molar refractivity (Wildman–Crippen MR) is 83.0 cm³/mol. The summed E-state index contributed by atoms with van der Waals surface area (Å²) in [6.45, 7) is 13.5. The van der Waals surface area contributed by atoms with Gasteiger partial charge in [-0.05, 0) is 20.6 Å². The van der Waals surface area contributed by atoms with E-state index in [0.717, 1.165) is 13.0 Å². The van der Waals surface area contributed by atoms with Crippen molar-refractivity contribution in [1.82, 2.24) is 4.90 Å². The van der Waals surface area contributed by atoms with E-state index in [0.29, 0.717) is 5.92 Å². The number of allylic oxidation sites excluding steroid dienone is 4. The largest absolute Gasteiger partial charge is 2.00 e. The van der Waals surface area contributed by atoms with Crippen LogP contribution in [0.3, 0.4) is 0 Å². The molecule has 0 aliphatic heterocycles. The number of rotatable bonds is 2. The molecule has 0 N–H and O–H groups in total. The average molecular weight is 328 g/mol. The first-order valence-electron chi connectivity index (χ1n) is 5.62. The Hall–Kier alpha value is 0.734. The summed E-state index contributed by atoms with van der Waals surface area (Å²) in [4.78, 5) is 2.12. The van der Waals surface area contributed by atoms with E-state index in [2.05, 4.69) is 45.6 Å². The Morgan fingerprint density at radius 3 is 1.67 bits per heavy atom. The van der Waals surface area contributed by atoms with Gasteiger partial charge in [0.15, 0.2) is 0 Å². The zero-order chi connectivity index (χ0) is 12.0. The molecule has 0 amide bonds. The van der Waals surface area contributed by atoms with Crippen LogP contribution in [-0.2, 0) is 21.7 Å². The minimum atomic E-state index is 0. The van der Waals surface area contributed by atoms with Crippen LogP contribution < -0.4 is 0 Å². The van der Waals surface area contributed by atoms with Crippen LogP contribution in [-0.4, -0.2) is 25.5 Å². The van der Waals surface area contributed by atoms with Crippen molar-refractivity contribution >= 4 is 24.8 Å². The molecule has 0 saturated heterocycles. The standard InChI is InChI=1S/C9H13.C5H12N.2ClH.Ti/c1-6-5-7(2)9(4)8(6)3;1-4-5-6(2)3;;;/h6H,1-4H3;1,4-5H2,2-3H3;2*1H;/q2*-1;;;+2. The SMILES string of the molecule is CC1=[C-]C(C)C(C)=C1C.Cl.Cl.[CH2-]CCN(C)C.[Ti+2]. The van der Waals surface area contributed by atoms with E-state index in [1.807, 2.05) is 14.1 Å². The predicted octanol–water partition coefficient (Wildman–Crippen LogP) is 4.34. The fourth-order valence-corrected chi connectivity index (χ4v) is 1.48. The summed E-state index contributed by atoms with van der Waals surface area (Å²) in [5.74, 6) is 0.560. The summed E-state index contributed by atoms with van der Waals surface area (Å²) in [6.07, 6.45) is 4.37. The molecule has 0 aromatic carbocycles. The quantitative estimate of drug-likeness (QED) is 0.539. The van der Waals surface area contributed by atoms with Crippen LogP contribution in [0.4, 0.5) is 0 Å². The third kappa shape index (κ3) is 10.6. The van der Waals surface area contributed by atoms with E-state index in [1.54, 1.807) is 0 Å². The molecule has 0 fully saturated rings. The molecule has 0 radical (unpaired) electrons. The van der Waals surface area contributed by atoms with Crippen LogP contribution in [0.1, 0.15) is 34.1 Å². The van der Waals surface area contributed by atoms with Crippen LogP contribution in [0.5, 0.6) is 0 Å². The van der Waals surface area contributed by atoms with Crippen LogP contribution in [0, 0.1) is 18.9 Å². The van der Waals surface area contributed by atoms with Crippen molar-refractivity contribution in [3.05, 3.63) is 29.7 Å². The number of hydrogen-bond donors (Lipinski definition) is 0. The van der Waals surface area contributed by atoms with Gasteiger partial charge in [0.2, 0.25) is 0 Å². The first-order valence-corrected chi connectivity index (χ1v) is 5.62. The van der Waals surface area contributed by atoms with Crippen molar-refractivity contribution < 1.29 is 21.7 Å². The van der Waals surface area contributed by atoms with Crippen molar-refractivity contribution in [3.63, 3.8) is 0 Å². The molecule has 0 bridgehead atoms. The second-order valence-corrected chi connectivity index (χ2v) is 4.46. The normalized spacial score (nSPS) is 16.9. The van der Waals surface area contributed by atoms with Gasteiger partial charge in [0.25, 0.3) is 0 Å². The molecule has 1 unspecified atom stereocenters. The van der Waals surface area contributed by atoms with Crippen molar-refractivity contribution in [2.24, 2.45) is 5.92 Å². The summed E-state index contributed by atoms with van der Waals surface area (Å²) >= 11 is 0. The molecule has 0 heterocycles. The summed E-state index contributed by atoms with van der Waals surface area (Å²) in [6, 6.07) is 0.